The Morgan fingerprint density at radius 3 is 2.62 bits per heavy atom. The first kappa shape index (κ1) is 10.4. The molecule has 0 fully saturated rings. The third kappa shape index (κ3) is 1.70. The van der Waals surface area contributed by atoms with E-state index in [4.69, 9.17) is 5.11 Å². The largest absolute Gasteiger partial charge is 0.478 e. The fourth-order valence-electron chi connectivity index (χ4n) is 1.74. The lowest BCUT2D eigenvalue weighted by Gasteiger charge is -2.05. The summed E-state index contributed by atoms with van der Waals surface area (Å²) in [5.74, 6) is -0.895. The van der Waals surface area contributed by atoms with Gasteiger partial charge in [0.1, 0.15) is 0 Å². The second-order valence-electron chi connectivity index (χ2n) is 3.83. The van der Waals surface area contributed by atoms with E-state index in [1.807, 2.05) is 31.2 Å². The van der Waals surface area contributed by atoms with Gasteiger partial charge in [0.25, 0.3) is 0 Å². The number of allylic oxidation sites excluding steroid dienone is 1. The summed E-state index contributed by atoms with van der Waals surface area (Å²) < 4.78 is 0. The predicted octanol–water partition coefficient (Wildman–Crippen LogP) is 3.57. The lowest BCUT2D eigenvalue weighted by atomic mass is 10.00. The summed E-state index contributed by atoms with van der Waals surface area (Å²) in [4.78, 5) is 11.0. The quantitative estimate of drug-likeness (QED) is 0.826. The van der Waals surface area contributed by atoms with Crippen molar-refractivity contribution in [3.05, 3.63) is 54.1 Å². The van der Waals surface area contributed by atoms with Crippen LogP contribution in [0.15, 0.2) is 43.0 Å². The van der Waals surface area contributed by atoms with Gasteiger partial charge >= 0.3 is 5.97 Å². The Labute approximate surface area is 93.8 Å². The number of carbonyl (C=O) groups is 1. The topological polar surface area (TPSA) is 37.3 Å². The summed E-state index contributed by atoms with van der Waals surface area (Å²) in [5, 5.41) is 10.7. The van der Waals surface area contributed by atoms with Crippen LogP contribution in [0.1, 0.15) is 22.8 Å². The van der Waals surface area contributed by atoms with Crippen molar-refractivity contribution in [2.75, 3.05) is 0 Å². The zero-order chi connectivity index (χ0) is 11.7. The van der Waals surface area contributed by atoms with Crippen molar-refractivity contribution >= 4 is 22.3 Å². The average molecular weight is 212 g/mol. The standard InChI is InChI=1S/C14H12O2/c1-9(2)10-6-7-12-11(8-10)4-3-5-13(12)14(15)16/h3-8H,1H2,2H3,(H,15,16). The molecule has 16 heavy (non-hydrogen) atoms. The molecule has 2 aromatic carbocycles. The monoisotopic (exact) mass is 212 g/mol. The second kappa shape index (κ2) is 3.81. The molecule has 2 aromatic rings. The van der Waals surface area contributed by atoms with Crippen LogP contribution < -0.4 is 0 Å². The van der Waals surface area contributed by atoms with E-state index in [2.05, 4.69) is 6.58 Å². The minimum absolute atomic E-state index is 0.339. The minimum atomic E-state index is -0.895. The smallest absolute Gasteiger partial charge is 0.336 e. The van der Waals surface area contributed by atoms with Crippen LogP contribution in [-0.4, -0.2) is 11.1 Å². The summed E-state index contributed by atoms with van der Waals surface area (Å²) in [6.45, 7) is 5.81. The van der Waals surface area contributed by atoms with E-state index in [0.29, 0.717) is 5.56 Å². The van der Waals surface area contributed by atoms with E-state index in [1.165, 1.54) is 0 Å². The number of benzene rings is 2. The number of carboxylic acids is 1. The van der Waals surface area contributed by atoms with Gasteiger partial charge in [0.15, 0.2) is 0 Å². The molecule has 0 aliphatic carbocycles. The maximum absolute atomic E-state index is 11.0. The molecule has 2 nitrogen and oxygen atoms in total. The lowest BCUT2D eigenvalue weighted by Crippen LogP contribution is -1.97. The molecule has 2 rings (SSSR count). The Kier molecular flexibility index (Phi) is 2.49. The van der Waals surface area contributed by atoms with Crippen molar-refractivity contribution in [1.29, 1.82) is 0 Å². The van der Waals surface area contributed by atoms with Gasteiger partial charge in [0, 0.05) is 0 Å². The van der Waals surface area contributed by atoms with Crippen molar-refractivity contribution in [3.8, 4) is 0 Å². The van der Waals surface area contributed by atoms with E-state index in [-0.39, 0.29) is 0 Å². The number of hydrogen-bond acceptors (Lipinski definition) is 1. The third-order valence-corrected chi connectivity index (χ3v) is 2.60. The predicted molar refractivity (Wildman–Crippen MR) is 65.6 cm³/mol. The minimum Gasteiger partial charge on any atom is -0.478 e. The molecule has 0 aromatic heterocycles. The number of hydrogen-bond donors (Lipinski definition) is 1. The molecule has 0 heterocycles. The molecular weight excluding hydrogens is 200 g/mol. The highest BCUT2D eigenvalue weighted by Gasteiger charge is 2.07. The molecule has 0 spiro atoms. The molecule has 0 saturated heterocycles. The van der Waals surface area contributed by atoms with E-state index in [9.17, 15) is 4.79 Å². The van der Waals surface area contributed by atoms with Gasteiger partial charge in [0.05, 0.1) is 5.56 Å². The highest BCUT2D eigenvalue weighted by molar-refractivity contribution is 6.04. The highest BCUT2D eigenvalue weighted by atomic mass is 16.4. The first-order chi connectivity index (χ1) is 7.59. The molecule has 0 radical (unpaired) electrons. The second-order valence-corrected chi connectivity index (χ2v) is 3.83. The SMILES string of the molecule is C=C(C)c1ccc2c(C(=O)O)cccc2c1. The van der Waals surface area contributed by atoms with Crippen LogP contribution in [0.4, 0.5) is 0 Å². The summed E-state index contributed by atoms with van der Waals surface area (Å²) in [5.41, 5.74) is 2.35. The van der Waals surface area contributed by atoms with E-state index < -0.39 is 5.97 Å². The van der Waals surface area contributed by atoms with Gasteiger partial charge in [-0.25, -0.2) is 4.79 Å². The first-order valence-electron chi connectivity index (χ1n) is 5.01. The van der Waals surface area contributed by atoms with Crippen LogP contribution >= 0.6 is 0 Å². The van der Waals surface area contributed by atoms with Crippen molar-refractivity contribution in [3.63, 3.8) is 0 Å². The van der Waals surface area contributed by atoms with Gasteiger partial charge in [-0.1, -0.05) is 36.4 Å². The Hall–Kier alpha value is -2.09. The van der Waals surface area contributed by atoms with Crippen LogP contribution in [-0.2, 0) is 0 Å². The van der Waals surface area contributed by atoms with E-state index >= 15 is 0 Å². The number of carboxylic acid groups (broad SMARTS) is 1. The Bertz CT molecular complexity index is 582. The molecule has 0 amide bonds. The number of fused-ring (bicyclic) bond motifs is 1. The van der Waals surface area contributed by atoms with Crippen molar-refractivity contribution < 1.29 is 9.90 Å². The Morgan fingerprint density at radius 1 is 1.25 bits per heavy atom. The fraction of sp³-hybridized carbons (Fsp3) is 0.0714. The summed E-state index contributed by atoms with van der Waals surface area (Å²) in [7, 11) is 0. The lowest BCUT2D eigenvalue weighted by molar-refractivity contribution is 0.0699. The average Bonchev–Trinajstić information content (AvgIpc) is 2.27. The summed E-state index contributed by atoms with van der Waals surface area (Å²) in [6.07, 6.45) is 0. The highest BCUT2D eigenvalue weighted by Crippen LogP contribution is 2.23. The van der Waals surface area contributed by atoms with Crippen LogP contribution in [0.25, 0.3) is 16.3 Å². The Morgan fingerprint density at radius 2 is 2.00 bits per heavy atom. The normalized spacial score (nSPS) is 10.3. The maximum Gasteiger partial charge on any atom is 0.336 e. The molecule has 0 bridgehead atoms. The van der Waals surface area contributed by atoms with Crippen LogP contribution in [0.3, 0.4) is 0 Å². The molecule has 1 N–H and O–H groups in total. The van der Waals surface area contributed by atoms with E-state index in [1.54, 1.807) is 12.1 Å². The summed E-state index contributed by atoms with van der Waals surface area (Å²) >= 11 is 0. The van der Waals surface area contributed by atoms with Gasteiger partial charge < -0.3 is 5.11 Å². The van der Waals surface area contributed by atoms with Gasteiger partial charge in [-0.05, 0) is 35.4 Å². The van der Waals surface area contributed by atoms with Gasteiger partial charge in [-0.3, -0.25) is 0 Å². The summed E-state index contributed by atoms with van der Waals surface area (Å²) in [6, 6.07) is 11.0. The van der Waals surface area contributed by atoms with Crippen LogP contribution in [0, 0.1) is 0 Å². The van der Waals surface area contributed by atoms with Gasteiger partial charge in [-0.2, -0.15) is 0 Å². The van der Waals surface area contributed by atoms with Crippen LogP contribution in [0.5, 0.6) is 0 Å². The van der Waals surface area contributed by atoms with Crippen LogP contribution in [0.2, 0.25) is 0 Å². The fourth-order valence-corrected chi connectivity index (χ4v) is 1.74. The Balaban J connectivity index is 2.73. The molecule has 0 aliphatic heterocycles. The van der Waals surface area contributed by atoms with Crippen molar-refractivity contribution in [1.82, 2.24) is 0 Å². The first-order valence-corrected chi connectivity index (χ1v) is 5.01. The number of rotatable bonds is 2. The third-order valence-electron chi connectivity index (χ3n) is 2.60. The molecule has 0 unspecified atom stereocenters. The molecule has 0 aliphatic rings. The molecule has 0 atom stereocenters. The van der Waals surface area contributed by atoms with Gasteiger partial charge in [0.2, 0.25) is 0 Å². The molecule has 2 heteroatoms. The molecule has 80 valence electrons. The zero-order valence-electron chi connectivity index (χ0n) is 9.03. The molecular formula is C14H12O2. The van der Waals surface area contributed by atoms with Gasteiger partial charge in [-0.15, -0.1) is 0 Å². The van der Waals surface area contributed by atoms with Crippen molar-refractivity contribution in [2.45, 2.75) is 6.92 Å². The zero-order valence-corrected chi connectivity index (χ0v) is 9.03. The molecule has 0 saturated carbocycles. The van der Waals surface area contributed by atoms with Crippen molar-refractivity contribution in [2.24, 2.45) is 0 Å². The maximum atomic E-state index is 11.0. The van der Waals surface area contributed by atoms with E-state index in [0.717, 1.165) is 21.9 Å². The number of aromatic carboxylic acids is 1.